The quantitative estimate of drug-likeness (QED) is 0.458. The van der Waals surface area contributed by atoms with E-state index in [0.717, 1.165) is 18.8 Å². The van der Waals surface area contributed by atoms with Crippen LogP contribution in [0.25, 0.3) is 0 Å². The molecule has 2 nitrogen and oxygen atoms in total. The van der Waals surface area contributed by atoms with Crippen LogP contribution in [-0.2, 0) is 6.54 Å². The number of pyridine rings is 1. The third-order valence-electron chi connectivity index (χ3n) is 1.93. The minimum absolute atomic E-state index is 0.574. The van der Waals surface area contributed by atoms with E-state index in [2.05, 4.69) is 23.3 Å². The molecule has 1 heterocycles. The number of alkyl halides is 1. The second-order valence-corrected chi connectivity index (χ2v) is 3.33. The normalized spacial score (nSPS) is 11.0. The Kier molecular flexibility index (Phi) is 5.27. The number of nitrogens with one attached hydrogen (secondary N) is 1. The Hall–Kier alpha value is -0.860. The van der Waals surface area contributed by atoms with Crippen molar-refractivity contribution in [1.29, 1.82) is 0 Å². The van der Waals surface area contributed by atoms with E-state index in [1.165, 1.54) is 5.56 Å². The summed E-state index contributed by atoms with van der Waals surface area (Å²) in [4.78, 5) is 4.28. The number of hydrogen-bond donors (Lipinski definition) is 1. The Morgan fingerprint density at radius 2 is 2.36 bits per heavy atom. The van der Waals surface area contributed by atoms with Crippen molar-refractivity contribution < 1.29 is 0 Å². The first-order valence-electron chi connectivity index (χ1n) is 4.66. The molecule has 1 N–H and O–H groups in total. The fourth-order valence-corrected chi connectivity index (χ4v) is 1.25. The summed E-state index contributed by atoms with van der Waals surface area (Å²) in [5.74, 6) is 0.574. The van der Waals surface area contributed by atoms with Gasteiger partial charge in [0.2, 0.25) is 0 Å². The van der Waals surface area contributed by atoms with Crippen molar-refractivity contribution in [1.82, 2.24) is 10.3 Å². The molecule has 0 fully saturated rings. The topological polar surface area (TPSA) is 24.9 Å². The maximum Gasteiger partial charge on any atom is 0.0570 e. The van der Waals surface area contributed by atoms with Crippen molar-refractivity contribution in [3.05, 3.63) is 41.7 Å². The minimum Gasteiger partial charge on any atom is -0.308 e. The molecule has 0 saturated carbocycles. The maximum atomic E-state index is 5.50. The van der Waals surface area contributed by atoms with E-state index >= 15 is 0 Å². The minimum atomic E-state index is 0.574. The van der Waals surface area contributed by atoms with Crippen LogP contribution in [-0.4, -0.2) is 17.4 Å². The molecule has 0 radical (unpaired) electrons. The van der Waals surface area contributed by atoms with Gasteiger partial charge in [-0.25, -0.2) is 0 Å². The molecule has 0 amide bonds. The van der Waals surface area contributed by atoms with Gasteiger partial charge in [0, 0.05) is 25.2 Å². The van der Waals surface area contributed by atoms with Gasteiger partial charge in [-0.05, 0) is 18.6 Å². The number of rotatable bonds is 5. The first-order valence-corrected chi connectivity index (χ1v) is 5.20. The van der Waals surface area contributed by atoms with E-state index in [4.69, 9.17) is 11.6 Å². The number of aromatic nitrogens is 1. The van der Waals surface area contributed by atoms with Gasteiger partial charge in [-0.2, -0.15) is 0 Å². The molecule has 0 aliphatic carbocycles. The van der Waals surface area contributed by atoms with Gasteiger partial charge >= 0.3 is 0 Å². The zero-order valence-electron chi connectivity index (χ0n) is 8.33. The summed E-state index contributed by atoms with van der Waals surface area (Å²) in [6, 6.07) is 4.02. The highest BCUT2D eigenvalue weighted by Gasteiger charge is 1.95. The van der Waals surface area contributed by atoms with Gasteiger partial charge in [0.1, 0.15) is 0 Å². The van der Waals surface area contributed by atoms with Crippen LogP contribution in [0.2, 0.25) is 0 Å². The maximum absolute atomic E-state index is 5.50. The lowest BCUT2D eigenvalue weighted by Gasteiger charge is -2.03. The number of halogens is 1. The molecule has 76 valence electrons. The van der Waals surface area contributed by atoms with Crippen LogP contribution in [0.4, 0.5) is 0 Å². The van der Waals surface area contributed by atoms with Crippen molar-refractivity contribution in [2.75, 3.05) is 12.4 Å². The molecule has 0 spiro atoms. The second-order valence-electron chi connectivity index (χ2n) is 3.02. The third kappa shape index (κ3) is 3.90. The highest BCUT2D eigenvalue weighted by Crippen LogP contribution is 2.01. The van der Waals surface area contributed by atoms with Crippen LogP contribution in [0.1, 0.15) is 11.3 Å². The van der Waals surface area contributed by atoms with Crippen molar-refractivity contribution in [2.24, 2.45) is 0 Å². The van der Waals surface area contributed by atoms with E-state index in [-0.39, 0.29) is 0 Å². The van der Waals surface area contributed by atoms with Crippen LogP contribution in [0.5, 0.6) is 0 Å². The molecule has 0 bridgehead atoms. The molecule has 1 aromatic rings. The van der Waals surface area contributed by atoms with Gasteiger partial charge < -0.3 is 5.32 Å². The van der Waals surface area contributed by atoms with Gasteiger partial charge in [-0.1, -0.05) is 18.2 Å². The Labute approximate surface area is 90.0 Å². The van der Waals surface area contributed by atoms with Gasteiger partial charge in [-0.15, -0.1) is 11.6 Å². The summed E-state index contributed by atoms with van der Waals surface area (Å²) < 4.78 is 0. The van der Waals surface area contributed by atoms with Crippen LogP contribution < -0.4 is 5.32 Å². The molecular weight excluding hydrogens is 196 g/mol. The number of nitrogens with zero attached hydrogens (tertiary/aromatic N) is 1. The summed E-state index contributed by atoms with van der Waals surface area (Å²) in [6.07, 6.45) is 5.77. The van der Waals surface area contributed by atoms with E-state index in [9.17, 15) is 0 Å². The predicted molar refractivity (Wildman–Crippen MR) is 60.5 cm³/mol. The Balaban J connectivity index is 2.31. The predicted octanol–water partition coefficient (Wildman–Crippen LogP) is 2.27. The molecule has 0 saturated heterocycles. The van der Waals surface area contributed by atoms with Gasteiger partial charge in [-0.3, -0.25) is 4.98 Å². The van der Waals surface area contributed by atoms with E-state index in [1.54, 1.807) is 0 Å². The molecule has 0 aromatic carbocycles. The fraction of sp³-hybridized carbons (Fsp3) is 0.364. The van der Waals surface area contributed by atoms with E-state index in [1.807, 2.05) is 24.4 Å². The summed E-state index contributed by atoms with van der Waals surface area (Å²) in [7, 11) is 0. The lowest BCUT2D eigenvalue weighted by molar-refractivity contribution is 0.735. The van der Waals surface area contributed by atoms with Crippen molar-refractivity contribution in [3.63, 3.8) is 0 Å². The van der Waals surface area contributed by atoms with Crippen LogP contribution >= 0.6 is 11.6 Å². The average Bonchev–Trinajstić information content (AvgIpc) is 2.20. The molecular formula is C11H15ClN2. The highest BCUT2D eigenvalue weighted by molar-refractivity contribution is 6.18. The Morgan fingerprint density at radius 1 is 1.50 bits per heavy atom. The first kappa shape index (κ1) is 11.2. The molecule has 1 aromatic heterocycles. The number of allylic oxidation sites excluding steroid dienone is 1. The molecule has 1 rings (SSSR count). The molecule has 0 aliphatic rings. The van der Waals surface area contributed by atoms with Gasteiger partial charge in [0.05, 0.1) is 5.69 Å². The van der Waals surface area contributed by atoms with Gasteiger partial charge in [0.15, 0.2) is 0 Å². The zero-order valence-corrected chi connectivity index (χ0v) is 9.09. The summed E-state index contributed by atoms with van der Waals surface area (Å²) in [5.41, 5.74) is 2.33. The standard InChI is InChI=1S/C11H15ClN2/c1-10-5-4-8-14-11(10)9-13-7-3-2-6-12/h2-5,8,13H,6-7,9H2,1H3/b3-2+. The van der Waals surface area contributed by atoms with Crippen molar-refractivity contribution >= 4 is 11.6 Å². The lowest BCUT2D eigenvalue weighted by Crippen LogP contribution is -2.14. The lowest BCUT2D eigenvalue weighted by atomic mass is 10.2. The van der Waals surface area contributed by atoms with Crippen LogP contribution in [0.3, 0.4) is 0 Å². The van der Waals surface area contributed by atoms with Gasteiger partial charge in [0.25, 0.3) is 0 Å². The van der Waals surface area contributed by atoms with Crippen molar-refractivity contribution in [2.45, 2.75) is 13.5 Å². The summed E-state index contributed by atoms with van der Waals surface area (Å²) in [6.45, 7) is 3.71. The number of aryl methyl sites for hydroxylation is 1. The number of hydrogen-bond acceptors (Lipinski definition) is 2. The molecule has 0 aliphatic heterocycles. The Bertz CT molecular complexity index is 297. The first-order chi connectivity index (χ1) is 6.84. The van der Waals surface area contributed by atoms with Crippen LogP contribution in [0.15, 0.2) is 30.5 Å². The fourth-order valence-electron chi connectivity index (χ4n) is 1.12. The van der Waals surface area contributed by atoms with Crippen LogP contribution in [0, 0.1) is 6.92 Å². The van der Waals surface area contributed by atoms with Crippen molar-refractivity contribution in [3.8, 4) is 0 Å². The second kappa shape index (κ2) is 6.57. The average molecular weight is 211 g/mol. The van der Waals surface area contributed by atoms with E-state index in [0.29, 0.717) is 5.88 Å². The zero-order chi connectivity index (χ0) is 10.2. The highest BCUT2D eigenvalue weighted by atomic mass is 35.5. The third-order valence-corrected chi connectivity index (χ3v) is 2.11. The monoisotopic (exact) mass is 210 g/mol. The smallest absolute Gasteiger partial charge is 0.0570 e. The molecule has 14 heavy (non-hydrogen) atoms. The molecule has 3 heteroatoms. The molecule has 0 atom stereocenters. The Morgan fingerprint density at radius 3 is 3.07 bits per heavy atom. The van der Waals surface area contributed by atoms with E-state index < -0.39 is 0 Å². The SMILES string of the molecule is Cc1cccnc1CNC/C=C/CCl. The molecule has 0 unspecified atom stereocenters. The summed E-state index contributed by atoms with van der Waals surface area (Å²) >= 11 is 5.50. The summed E-state index contributed by atoms with van der Waals surface area (Å²) in [5, 5.41) is 3.27. The largest absolute Gasteiger partial charge is 0.308 e.